The Bertz CT molecular complexity index is 456. The molecular weight excluding hydrogens is 242 g/mol. The van der Waals surface area contributed by atoms with Gasteiger partial charge in [-0.15, -0.1) is 0 Å². The van der Waals surface area contributed by atoms with Gasteiger partial charge >= 0.3 is 5.97 Å². The van der Waals surface area contributed by atoms with Crippen LogP contribution in [-0.2, 0) is 28.5 Å². The Morgan fingerprint density at radius 3 is 2.72 bits per heavy atom. The number of carbonyl (C=O) groups excluding carboxylic acids is 2. The van der Waals surface area contributed by atoms with Crippen LogP contribution in [0.15, 0.2) is 11.6 Å². The van der Waals surface area contributed by atoms with E-state index in [0.29, 0.717) is 0 Å². The van der Waals surface area contributed by atoms with E-state index >= 15 is 0 Å². The largest absolute Gasteiger partial charge is 0.453 e. The van der Waals surface area contributed by atoms with Gasteiger partial charge in [-0.2, -0.15) is 0 Å². The van der Waals surface area contributed by atoms with Gasteiger partial charge in [0, 0.05) is 6.08 Å². The molecule has 3 aliphatic rings. The fraction of sp³-hybridized carbons (Fsp3) is 0.636. The molecule has 0 bridgehead atoms. The van der Waals surface area contributed by atoms with Crippen LogP contribution in [0.1, 0.15) is 13.8 Å². The van der Waals surface area contributed by atoms with Gasteiger partial charge in [0.1, 0.15) is 6.10 Å². The normalized spacial score (nSPS) is 42.8. The Morgan fingerprint density at radius 2 is 2.06 bits per heavy atom. The number of hydrogen-bond donors (Lipinski definition) is 1. The molecule has 3 heterocycles. The first kappa shape index (κ1) is 11.6. The van der Waals surface area contributed by atoms with Gasteiger partial charge in [-0.25, -0.2) is 4.79 Å². The maximum absolute atomic E-state index is 11.6. The van der Waals surface area contributed by atoms with Crippen molar-refractivity contribution in [3.8, 4) is 0 Å². The summed E-state index contributed by atoms with van der Waals surface area (Å²) in [7, 11) is 0. The average molecular weight is 255 g/mol. The van der Waals surface area contributed by atoms with Crippen molar-refractivity contribution < 1.29 is 28.5 Å². The molecule has 0 aromatic rings. The van der Waals surface area contributed by atoms with Crippen LogP contribution in [-0.4, -0.2) is 42.3 Å². The Balaban J connectivity index is 1.86. The number of hydrogen-bond acceptors (Lipinski definition) is 6. The molecule has 98 valence electrons. The summed E-state index contributed by atoms with van der Waals surface area (Å²) in [6.07, 6.45) is -1.29. The molecule has 0 spiro atoms. The maximum atomic E-state index is 11.6. The standard InChI is InChI=1S/C11H13NO6/c1-11(2)17-8-7-6(16-10(8)18-11)4(3-5(12)13)9(14)15-7/h3,6-8,10H,1-2H3,(H2,12,13)/b4-3-. The molecule has 4 unspecified atom stereocenters. The third kappa shape index (κ3) is 1.63. The molecule has 0 aliphatic carbocycles. The molecule has 7 nitrogen and oxygen atoms in total. The summed E-state index contributed by atoms with van der Waals surface area (Å²) in [4.78, 5) is 22.5. The highest BCUT2D eigenvalue weighted by molar-refractivity contribution is 6.00. The van der Waals surface area contributed by atoms with E-state index in [0.717, 1.165) is 6.08 Å². The van der Waals surface area contributed by atoms with Crippen LogP contribution in [0.3, 0.4) is 0 Å². The van der Waals surface area contributed by atoms with Crippen LogP contribution in [0.2, 0.25) is 0 Å². The van der Waals surface area contributed by atoms with Gasteiger partial charge in [0.2, 0.25) is 5.91 Å². The van der Waals surface area contributed by atoms with Crippen LogP contribution in [0.4, 0.5) is 0 Å². The second kappa shape index (κ2) is 3.53. The average Bonchev–Trinajstić information content (AvgIpc) is 2.77. The van der Waals surface area contributed by atoms with E-state index in [1.807, 2.05) is 0 Å². The highest BCUT2D eigenvalue weighted by Crippen LogP contribution is 2.43. The number of nitrogens with two attached hydrogens (primary N) is 1. The predicted octanol–water partition coefficient (Wildman–Crippen LogP) is -0.800. The Kier molecular flexibility index (Phi) is 2.28. The smallest absolute Gasteiger partial charge is 0.337 e. The minimum atomic E-state index is -0.775. The Hall–Kier alpha value is -1.44. The molecule has 0 aromatic heterocycles. The van der Waals surface area contributed by atoms with Crippen molar-refractivity contribution in [1.29, 1.82) is 0 Å². The monoisotopic (exact) mass is 255 g/mol. The number of ether oxygens (including phenoxy) is 4. The van der Waals surface area contributed by atoms with Crippen molar-refractivity contribution in [2.75, 3.05) is 0 Å². The van der Waals surface area contributed by atoms with Crippen molar-refractivity contribution in [2.45, 2.75) is 44.2 Å². The molecule has 18 heavy (non-hydrogen) atoms. The summed E-state index contributed by atoms with van der Waals surface area (Å²) in [6, 6.07) is 0. The van der Waals surface area contributed by atoms with Crippen molar-refractivity contribution in [3.05, 3.63) is 11.6 Å². The molecule has 3 saturated heterocycles. The molecule has 2 N–H and O–H groups in total. The first-order chi connectivity index (χ1) is 8.37. The number of primary amides is 1. The number of rotatable bonds is 1. The quantitative estimate of drug-likeness (QED) is 0.486. The second-order valence-corrected chi connectivity index (χ2v) is 4.90. The van der Waals surface area contributed by atoms with Gasteiger partial charge in [0.05, 0.1) is 5.57 Å². The lowest BCUT2D eigenvalue weighted by molar-refractivity contribution is -0.207. The number of esters is 1. The van der Waals surface area contributed by atoms with Crippen molar-refractivity contribution >= 4 is 11.9 Å². The van der Waals surface area contributed by atoms with E-state index in [4.69, 9.17) is 24.7 Å². The molecule has 3 aliphatic heterocycles. The SMILES string of the molecule is CC1(C)OC2OC3/C(=C/C(N)=O)C(=O)OC3C2O1. The summed E-state index contributed by atoms with van der Waals surface area (Å²) < 4.78 is 21.9. The fourth-order valence-corrected chi connectivity index (χ4v) is 2.46. The van der Waals surface area contributed by atoms with Crippen LogP contribution in [0, 0.1) is 0 Å². The minimum absolute atomic E-state index is 0.118. The van der Waals surface area contributed by atoms with Crippen LogP contribution < -0.4 is 5.73 Å². The number of amides is 1. The summed E-state index contributed by atoms with van der Waals surface area (Å²) in [5, 5.41) is 0. The maximum Gasteiger partial charge on any atom is 0.337 e. The third-order valence-electron chi connectivity index (χ3n) is 3.07. The highest BCUT2D eigenvalue weighted by Gasteiger charge is 2.61. The van der Waals surface area contributed by atoms with E-state index < -0.39 is 42.3 Å². The van der Waals surface area contributed by atoms with Crippen molar-refractivity contribution in [2.24, 2.45) is 5.73 Å². The van der Waals surface area contributed by atoms with Gasteiger partial charge < -0.3 is 24.7 Å². The summed E-state index contributed by atoms with van der Waals surface area (Å²) >= 11 is 0. The summed E-state index contributed by atoms with van der Waals surface area (Å²) in [5.74, 6) is -2.09. The lowest BCUT2D eigenvalue weighted by Gasteiger charge is -2.20. The molecule has 1 amide bonds. The van der Waals surface area contributed by atoms with Crippen LogP contribution in [0.25, 0.3) is 0 Å². The molecule has 0 aromatic carbocycles. The van der Waals surface area contributed by atoms with E-state index in [9.17, 15) is 9.59 Å². The first-order valence-electron chi connectivity index (χ1n) is 5.60. The fourth-order valence-electron chi connectivity index (χ4n) is 2.46. The third-order valence-corrected chi connectivity index (χ3v) is 3.07. The number of fused-ring (bicyclic) bond motifs is 3. The van der Waals surface area contributed by atoms with Crippen LogP contribution >= 0.6 is 0 Å². The van der Waals surface area contributed by atoms with E-state index in [1.54, 1.807) is 13.8 Å². The molecule has 3 fully saturated rings. The van der Waals surface area contributed by atoms with Gasteiger partial charge in [-0.1, -0.05) is 0 Å². The van der Waals surface area contributed by atoms with Gasteiger partial charge in [-0.3, -0.25) is 4.79 Å². The van der Waals surface area contributed by atoms with Crippen molar-refractivity contribution in [3.63, 3.8) is 0 Å². The zero-order valence-electron chi connectivity index (χ0n) is 9.91. The predicted molar refractivity (Wildman–Crippen MR) is 55.9 cm³/mol. The van der Waals surface area contributed by atoms with E-state index in [2.05, 4.69) is 0 Å². The lowest BCUT2D eigenvalue weighted by atomic mass is 10.1. The molecule has 0 radical (unpaired) electrons. The zero-order chi connectivity index (χ0) is 13.1. The number of carbonyl (C=O) groups is 2. The van der Waals surface area contributed by atoms with E-state index in [-0.39, 0.29) is 5.57 Å². The zero-order valence-corrected chi connectivity index (χ0v) is 9.91. The minimum Gasteiger partial charge on any atom is -0.453 e. The first-order valence-corrected chi connectivity index (χ1v) is 5.60. The molecular formula is C11H13NO6. The van der Waals surface area contributed by atoms with Gasteiger partial charge in [0.15, 0.2) is 24.3 Å². The topological polar surface area (TPSA) is 97.1 Å². The molecule has 3 rings (SSSR count). The molecule has 7 heteroatoms. The van der Waals surface area contributed by atoms with Crippen molar-refractivity contribution in [1.82, 2.24) is 0 Å². The molecule has 0 saturated carbocycles. The second-order valence-electron chi connectivity index (χ2n) is 4.90. The van der Waals surface area contributed by atoms with Gasteiger partial charge in [-0.05, 0) is 13.8 Å². The lowest BCUT2D eigenvalue weighted by Crippen LogP contribution is -2.32. The van der Waals surface area contributed by atoms with Crippen LogP contribution in [0.5, 0.6) is 0 Å². The van der Waals surface area contributed by atoms with Gasteiger partial charge in [0.25, 0.3) is 0 Å². The highest BCUT2D eigenvalue weighted by atomic mass is 16.8. The summed E-state index contributed by atoms with van der Waals surface area (Å²) in [5.41, 5.74) is 5.15. The molecule has 4 atom stereocenters. The Labute approximate surface area is 103 Å². The summed E-state index contributed by atoms with van der Waals surface area (Å²) in [6.45, 7) is 3.50. The van der Waals surface area contributed by atoms with E-state index in [1.165, 1.54) is 0 Å². The Morgan fingerprint density at radius 1 is 1.33 bits per heavy atom.